The van der Waals surface area contributed by atoms with Crippen LogP contribution in [0, 0.1) is 11.8 Å². The number of esters is 1. The van der Waals surface area contributed by atoms with Gasteiger partial charge in [0, 0.05) is 16.5 Å². The molecule has 1 aliphatic heterocycles. The lowest BCUT2D eigenvalue weighted by atomic mass is 9.82. The zero-order chi connectivity index (χ0) is 19.8. The van der Waals surface area contributed by atoms with Gasteiger partial charge < -0.3 is 4.74 Å². The first kappa shape index (κ1) is 18.4. The van der Waals surface area contributed by atoms with E-state index in [1.807, 2.05) is 30.3 Å². The van der Waals surface area contributed by atoms with Crippen LogP contribution in [0.4, 0.5) is 5.69 Å². The van der Waals surface area contributed by atoms with Crippen LogP contribution in [0.5, 0.6) is 0 Å². The molecule has 1 aliphatic carbocycles. The molecule has 6 heteroatoms. The fourth-order valence-electron chi connectivity index (χ4n) is 4.03. The minimum Gasteiger partial charge on any atom is -0.463 e. The van der Waals surface area contributed by atoms with Crippen LogP contribution < -0.4 is 4.90 Å². The first-order chi connectivity index (χ1) is 13.5. The van der Waals surface area contributed by atoms with Gasteiger partial charge >= 0.3 is 5.97 Å². The SMILES string of the molecule is CCOC(=O)C1=C[C@@H]2C(=O)N(c3ccc(Cl)cc3)C(=O)[C@@H]2[C@H]1c1ccccc1. The number of carbonyl (C=O) groups excluding carboxylic acids is 3. The lowest BCUT2D eigenvalue weighted by Gasteiger charge is -2.22. The molecule has 142 valence electrons. The predicted octanol–water partition coefficient (Wildman–Crippen LogP) is 3.73. The van der Waals surface area contributed by atoms with Crippen LogP contribution in [0.3, 0.4) is 0 Å². The molecule has 0 spiro atoms. The van der Waals surface area contributed by atoms with Crippen LogP contribution in [-0.4, -0.2) is 24.4 Å². The van der Waals surface area contributed by atoms with Crippen molar-refractivity contribution in [3.05, 3.63) is 76.8 Å². The highest BCUT2D eigenvalue weighted by Crippen LogP contribution is 2.49. The van der Waals surface area contributed by atoms with E-state index in [2.05, 4.69) is 0 Å². The fraction of sp³-hybridized carbons (Fsp3) is 0.227. The number of hydrogen-bond donors (Lipinski definition) is 0. The zero-order valence-corrected chi connectivity index (χ0v) is 15.9. The van der Waals surface area contributed by atoms with E-state index < -0.39 is 23.7 Å². The normalized spacial score (nSPS) is 23.6. The molecule has 0 saturated carbocycles. The molecular weight excluding hydrogens is 378 g/mol. The summed E-state index contributed by atoms with van der Waals surface area (Å²) in [7, 11) is 0. The summed E-state index contributed by atoms with van der Waals surface area (Å²) < 4.78 is 5.18. The maximum atomic E-state index is 13.3. The second-order valence-corrected chi connectivity index (χ2v) is 7.21. The minimum atomic E-state index is -0.687. The van der Waals surface area contributed by atoms with E-state index in [1.165, 1.54) is 4.90 Å². The first-order valence-corrected chi connectivity index (χ1v) is 9.48. The third kappa shape index (κ3) is 2.92. The second kappa shape index (κ2) is 7.24. The molecule has 0 aromatic heterocycles. The van der Waals surface area contributed by atoms with Gasteiger partial charge in [-0.25, -0.2) is 9.69 Å². The molecule has 0 unspecified atom stereocenters. The van der Waals surface area contributed by atoms with E-state index in [1.54, 1.807) is 37.3 Å². The largest absolute Gasteiger partial charge is 0.463 e. The van der Waals surface area contributed by atoms with E-state index >= 15 is 0 Å². The van der Waals surface area contributed by atoms with Crippen LogP contribution in [0.25, 0.3) is 0 Å². The number of carbonyl (C=O) groups is 3. The maximum Gasteiger partial charge on any atom is 0.334 e. The Hall–Kier alpha value is -2.92. The van der Waals surface area contributed by atoms with Gasteiger partial charge in [-0.15, -0.1) is 0 Å². The van der Waals surface area contributed by atoms with Gasteiger partial charge in [-0.1, -0.05) is 48.0 Å². The number of anilines is 1. The molecule has 2 aromatic rings. The van der Waals surface area contributed by atoms with Gasteiger partial charge in [0.1, 0.15) is 0 Å². The summed E-state index contributed by atoms with van der Waals surface area (Å²) in [5.74, 6) is -3.00. The number of halogens is 1. The molecule has 1 fully saturated rings. The molecule has 2 aliphatic rings. The highest BCUT2D eigenvalue weighted by molar-refractivity contribution is 6.31. The Morgan fingerprint density at radius 2 is 1.71 bits per heavy atom. The number of amides is 2. The van der Waals surface area contributed by atoms with Crippen LogP contribution in [0.1, 0.15) is 18.4 Å². The molecule has 3 atom stereocenters. The van der Waals surface area contributed by atoms with Gasteiger partial charge in [0.2, 0.25) is 11.8 Å². The van der Waals surface area contributed by atoms with Crippen LogP contribution in [0.15, 0.2) is 66.2 Å². The van der Waals surface area contributed by atoms with Gasteiger partial charge in [0.25, 0.3) is 0 Å². The van der Waals surface area contributed by atoms with E-state index in [0.717, 1.165) is 5.56 Å². The smallest absolute Gasteiger partial charge is 0.334 e. The number of ether oxygens (including phenoxy) is 1. The van der Waals surface area contributed by atoms with Gasteiger partial charge in [0.15, 0.2) is 0 Å². The summed E-state index contributed by atoms with van der Waals surface area (Å²) in [4.78, 5) is 40.1. The topological polar surface area (TPSA) is 63.7 Å². The van der Waals surface area contributed by atoms with E-state index in [-0.39, 0.29) is 18.4 Å². The molecule has 4 rings (SSSR count). The number of fused-ring (bicyclic) bond motifs is 1. The van der Waals surface area contributed by atoms with Gasteiger partial charge in [-0.3, -0.25) is 9.59 Å². The number of rotatable bonds is 4. The third-order valence-corrected chi connectivity index (χ3v) is 5.46. The molecule has 2 aromatic carbocycles. The highest BCUT2D eigenvalue weighted by atomic mass is 35.5. The van der Waals surface area contributed by atoms with Crippen molar-refractivity contribution in [3.63, 3.8) is 0 Å². The standard InChI is InChI=1S/C22H18ClNO4/c1-2-28-22(27)17-12-16-19(18(17)13-6-4-3-5-7-13)21(26)24(20(16)25)15-10-8-14(23)9-11-15/h3-12,16,18-19H,2H2,1H3/t16-,18-,19-/m0/s1. The van der Waals surface area contributed by atoms with E-state index in [4.69, 9.17) is 16.3 Å². The zero-order valence-electron chi connectivity index (χ0n) is 15.2. The third-order valence-electron chi connectivity index (χ3n) is 5.21. The summed E-state index contributed by atoms with van der Waals surface area (Å²) in [6, 6.07) is 15.9. The number of hydrogen-bond acceptors (Lipinski definition) is 4. The minimum absolute atomic E-state index is 0.228. The molecule has 1 saturated heterocycles. The Kier molecular flexibility index (Phi) is 4.77. The highest BCUT2D eigenvalue weighted by Gasteiger charge is 2.56. The summed E-state index contributed by atoms with van der Waals surface area (Å²) >= 11 is 5.92. The van der Waals surface area contributed by atoms with Gasteiger partial charge in [-0.05, 0) is 36.8 Å². The Morgan fingerprint density at radius 1 is 1.04 bits per heavy atom. The van der Waals surface area contributed by atoms with Crippen molar-refractivity contribution in [2.75, 3.05) is 11.5 Å². The molecule has 0 bridgehead atoms. The number of benzene rings is 2. The second-order valence-electron chi connectivity index (χ2n) is 6.77. The number of imide groups is 1. The molecule has 5 nitrogen and oxygen atoms in total. The average molecular weight is 396 g/mol. The Labute approximate surface area is 167 Å². The Balaban J connectivity index is 1.77. The van der Waals surface area contributed by atoms with Crippen LogP contribution in [-0.2, 0) is 19.1 Å². The van der Waals surface area contributed by atoms with Crippen molar-refractivity contribution in [2.45, 2.75) is 12.8 Å². The van der Waals surface area contributed by atoms with Crippen molar-refractivity contribution in [2.24, 2.45) is 11.8 Å². The van der Waals surface area contributed by atoms with Crippen LogP contribution >= 0.6 is 11.6 Å². The Bertz CT molecular complexity index is 968. The lowest BCUT2D eigenvalue weighted by Crippen LogP contribution is -2.33. The molecule has 28 heavy (non-hydrogen) atoms. The van der Waals surface area contributed by atoms with Crippen molar-refractivity contribution < 1.29 is 19.1 Å². The van der Waals surface area contributed by atoms with Gasteiger partial charge in [0.05, 0.1) is 24.1 Å². The van der Waals surface area contributed by atoms with Crippen molar-refractivity contribution in [1.29, 1.82) is 0 Å². The van der Waals surface area contributed by atoms with E-state index in [0.29, 0.717) is 16.3 Å². The molecule has 0 N–H and O–H groups in total. The number of nitrogens with zero attached hydrogens (tertiary/aromatic N) is 1. The first-order valence-electron chi connectivity index (χ1n) is 9.10. The summed E-state index contributed by atoms with van der Waals surface area (Å²) in [6.07, 6.45) is 1.61. The van der Waals surface area contributed by atoms with Crippen molar-refractivity contribution in [1.82, 2.24) is 0 Å². The fourth-order valence-corrected chi connectivity index (χ4v) is 4.16. The van der Waals surface area contributed by atoms with Crippen molar-refractivity contribution in [3.8, 4) is 0 Å². The molecular formula is C22H18ClNO4. The summed E-state index contributed by atoms with van der Waals surface area (Å²) in [5, 5.41) is 0.523. The molecule has 1 heterocycles. The van der Waals surface area contributed by atoms with Crippen molar-refractivity contribution >= 4 is 35.1 Å². The summed E-state index contributed by atoms with van der Waals surface area (Å²) in [6.45, 7) is 1.95. The maximum absolute atomic E-state index is 13.3. The van der Waals surface area contributed by atoms with Gasteiger partial charge in [-0.2, -0.15) is 0 Å². The monoisotopic (exact) mass is 395 g/mol. The molecule has 0 radical (unpaired) electrons. The lowest BCUT2D eigenvalue weighted by molar-refractivity contribution is -0.138. The Morgan fingerprint density at radius 3 is 2.36 bits per heavy atom. The van der Waals surface area contributed by atoms with Crippen LogP contribution in [0.2, 0.25) is 5.02 Å². The molecule has 2 amide bonds. The quantitative estimate of drug-likeness (QED) is 0.584. The average Bonchev–Trinajstić information content (AvgIpc) is 3.20. The van der Waals surface area contributed by atoms with E-state index in [9.17, 15) is 14.4 Å². The summed E-state index contributed by atoms with van der Waals surface area (Å²) in [5.41, 5.74) is 1.67. The predicted molar refractivity (Wildman–Crippen MR) is 105 cm³/mol.